The number of methoxy groups -OCH3 is 1. The summed E-state index contributed by atoms with van der Waals surface area (Å²) in [6, 6.07) is 13.9. The van der Waals surface area contributed by atoms with Crippen molar-refractivity contribution in [2.24, 2.45) is 5.16 Å². The lowest BCUT2D eigenvalue weighted by Gasteiger charge is -2.49. The van der Waals surface area contributed by atoms with Gasteiger partial charge in [0.05, 0.1) is 7.11 Å². The van der Waals surface area contributed by atoms with E-state index >= 15 is 0 Å². The van der Waals surface area contributed by atoms with E-state index in [0.717, 1.165) is 28.0 Å². The van der Waals surface area contributed by atoms with Crippen LogP contribution in [0.2, 0.25) is 0 Å². The van der Waals surface area contributed by atoms with E-state index in [4.69, 9.17) is 31.6 Å². The smallest absolute Gasteiger partial charge is 0.355 e. The number of hydrogen-bond donors (Lipinski definition) is 2. The number of nitrogens with two attached hydrogens (primary N) is 1. The quantitative estimate of drug-likeness (QED) is 0.103. The summed E-state index contributed by atoms with van der Waals surface area (Å²) < 4.78 is 10.9. The van der Waals surface area contributed by atoms with E-state index in [2.05, 4.69) is 15.5 Å². The average molecular weight is 654 g/mol. The van der Waals surface area contributed by atoms with Gasteiger partial charge in [0.25, 0.3) is 11.8 Å². The summed E-state index contributed by atoms with van der Waals surface area (Å²) >= 11 is 8.47. The van der Waals surface area contributed by atoms with E-state index in [1.54, 1.807) is 42.8 Å². The van der Waals surface area contributed by atoms with E-state index in [1.807, 2.05) is 30.3 Å². The first-order chi connectivity index (χ1) is 21.3. The molecule has 228 valence electrons. The van der Waals surface area contributed by atoms with Gasteiger partial charge in [-0.05, 0) is 34.4 Å². The molecule has 0 saturated carbocycles. The van der Waals surface area contributed by atoms with Crippen LogP contribution in [-0.2, 0) is 36.4 Å². The number of nitrogens with one attached hydrogen (secondary N) is 1. The summed E-state index contributed by atoms with van der Waals surface area (Å²) in [6.07, 6.45) is 3.67. The summed E-state index contributed by atoms with van der Waals surface area (Å²) in [5, 5.41) is 7.78. The highest BCUT2D eigenvalue weighted by Gasteiger charge is 2.54. The van der Waals surface area contributed by atoms with Crippen molar-refractivity contribution >= 4 is 69.4 Å². The number of esters is 1. The van der Waals surface area contributed by atoms with Crippen molar-refractivity contribution in [1.82, 2.24) is 15.2 Å². The fourth-order valence-electron chi connectivity index (χ4n) is 4.52. The number of ether oxygens (including phenoxy) is 2. The van der Waals surface area contributed by atoms with Crippen molar-refractivity contribution < 1.29 is 28.7 Å². The van der Waals surface area contributed by atoms with Crippen LogP contribution in [0, 0.1) is 0 Å². The molecule has 0 radical (unpaired) electrons. The Morgan fingerprint density at radius 1 is 1.14 bits per heavy atom. The van der Waals surface area contributed by atoms with Crippen LogP contribution in [0.15, 0.2) is 76.4 Å². The topological polar surface area (TPSA) is 145 Å². The second-order valence-electron chi connectivity index (χ2n) is 9.56. The first kappa shape index (κ1) is 31.1. The molecule has 3 aromatic rings. The molecule has 2 aliphatic heterocycles. The Kier molecular flexibility index (Phi) is 9.88. The van der Waals surface area contributed by atoms with Crippen molar-refractivity contribution in [3.05, 3.63) is 93.6 Å². The second kappa shape index (κ2) is 14.0. The van der Waals surface area contributed by atoms with Crippen molar-refractivity contribution in [2.45, 2.75) is 23.9 Å². The molecule has 2 aromatic carbocycles. The number of nitrogens with zero attached hydrogens (tertiary/aromatic N) is 3. The van der Waals surface area contributed by atoms with Gasteiger partial charge in [0, 0.05) is 17.0 Å². The van der Waals surface area contributed by atoms with Crippen LogP contribution in [0.1, 0.15) is 22.4 Å². The molecule has 0 spiro atoms. The maximum Gasteiger partial charge on any atom is 0.355 e. The molecule has 3 heterocycles. The van der Waals surface area contributed by atoms with Gasteiger partial charge in [-0.1, -0.05) is 53.7 Å². The number of thioether (sulfide) groups is 1. The highest BCUT2D eigenvalue weighted by Crippen LogP contribution is 2.41. The predicted octanol–water partition coefficient (Wildman–Crippen LogP) is 3.93. The molecule has 44 heavy (non-hydrogen) atoms. The normalized spacial score (nSPS) is 18.1. The summed E-state index contributed by atoms with van der Waals surface area (Å²) in [7, 11) is 2.87. The third-order valence-corrected chi connectivity index (χ3v) is 9.06. The Balaban J connectivity index is 1.38. The molecule has 1 fully saturated rings. The number of oxime groups is 1. The number of nitrogen functional groups attached to an aromatic ring is 1. The molecule has 5 rings (SSSR count). The molecule has 14 heteroatoms. The van der Waals surface area contributed by atoms with Crippen LogP contribution in [0.25, 0.3) is 6.08 Å². The van der Waals surface area contributed by atoms with E-state index < -0.39 is 29.2 Å². The van der Waals surface area contributed by atoms with E-state index in [0.29, 0.717) is 23.0 Å². The Morgan fingerprint density at radius 2 is 1.86 bits per heavy atom. The third kappa shape index (κ3) is 6.74. The maximum atomic E-state index is 13.5. The molecule has 1 aromatic heterocycles. The number of aromatic nitrogens is 1. The minimum absolute atomic E-state index is 0.00315. The number of rotatable bonds is 11. The number of allylic oxidation sites excluding steroid dienone is 1. The zero-order chi connectivity index (χ0) is 31.2. The molecule has 11 nitrogen and oxygen atoms in total. The predicted molar refractivity (Wildman–Crippen MR) is 170 cm³/mol. The minimum Gasteiger partial charge on any atom is -0.497 e. The van der Waals surface area contributed by atoms with Gasteiger partial charge in [0.2, 0.25) is 0 Å². The molecular weight excluding hydrogens is 626 g/mol. The van der Waals surface area contributed by atoms with Crippen LogP contribution in [0.4, 0.5) is 5.13 Å². The zero-order valence-corrected chi connectivity index (χ0v) is 26.1. The highest BCUT2D eigenvalue weighted by atomic mass is 35.5. The van der Waals surface area contributed by atoms with E-state index in [9.17, 15) is 14.4 Å². The fraction of sp³-hybridized carbons (Fsp3) is 0.233. The number of alkyl halides is 1. The summed E-state index contributed by atoms with van der Waals surface area (Å²) in [4.78, 5) is 50.5. The number of carbonyl (C=O) groups excluding carboxylic acids is 3. The number of thiazole rings is 1. The Labute approximate surface area is 266 Å². The second-order valence-corrected chi connectivity index (χ2v) is 11.8. The monoisotopic (exact) mass is 653 g/mol. The molecular formula is C30H28ClN5O6S2. The molecule has 3 N–H and O–H groups in total. The largest absolute Gasteiger partial charge is 0.497 e. The van der Waals surface area contributed by atoms with Crippen molar-refractivity contribution in [1.29, 1.82) is 0 Å². The number of carbonyl (C=O) groups is 3. The van der Waals surface area contributed by atoms with Gasteiger partial charge in [-0.15, -0.1) is 34.7 Å². The van der Waals surface area contributed by atoms with Crippen molar-refractivity contribution in [3.63, 3.8) is 0 Å². The van der Waals surface area contributed by atoms with Crippen LogP contribution in [0.5, 0.6) is 5.75 Å². The minimum atomic E-state index is -0.913. The third-order valence-electron chi connectivity index (χ3n) is 6.78. The van der Waals surface area contributed by atoms with Crippen LogP contribution in [-0.4, -0.2) is 64.8 Å². The first-order valence-corrected chi connectivity index (χ1v) is 15.7. The van der Waals surface area contributed by atoms with Gasteiger partial charge in [-0.2, -0.15) is 0 Å². The van der Waals surface area contributed by atoms with Crippen LogP contribution in [0.3, 0.4) is 0 Å². The lowest BCUT2D eigenvalue weighted by Crippen LogP contribution is -2.71. The molecule has 1 saturated heterocycles. The van der Waals surface area contributed by atoms with Gasteiger partial charge >= 0.3 is 5.97 Å². The lowest BCUT2D eigenvalue weighted by atomic mass is 10.0. The van der Waals surface area contributed by atoms with Crippen molar-refractivity contribution in [2.75, 3.05) is 25.7 Å². The Hall–Kier alpha value is -4.33. The number of benzene rings is 2. The Morgan fingerprint density at radius 3 is 2.50 bits per heavy atom. The summed E-state index contributed by atoms with van der Waals surface area (Å²) in [5.41, 5.74) is 9.21. The molecule has 2 atom stereocenters. The number of halogens is 1. The standard InChI is InChI=1S/C30H28ClN5O6S2/c1-40-21-11-8-19(9-12-21)14-42-29(39)25-20(10-7-17-3-5-18(13-31)6-4-17)15-43-28-24(27(38)36(25)28)34-26(37)23(35-41-2)22-16-44-30(32)33-22/h3-12,16,24,28H,13-15H2,1-2H3,(H2,32,33)(H,34,37)/b10-7-,35-23-/t24-,28-/m1/s1. The molecule has 0 bridgehead atoms. The van der Waals surface area contributed by atoms with Crippen molar-refractivity contribution in [3.8, 4) is 5.75 Å². The maximum absolute atomic E-state index is 13.5. The average Bonchev–Trinajstić information content (AvgIpc) is 3.49. The van der Waals surface area contributed by atoms with Gasteiger partial charge in [-0.25, -0.2) is 9.78 Å². The number of fused-ring (bicyclic) bond motifs is 1. The van der Waals surface area contributed by atoms with Gasteiger partial charge in [0.1, 0.15) is 42.3 Å². The highest BCUT2D eigenvalue weighted by molar-refractivity contribution is 8.00. The Bertz CT molecular complexity index is 1640. The zero-order valence-electron chi connectivity index (χ0n) is 23.7. The number of β-lactam (4-membered cyclic amide) rings is 1. The van der Waals surface area contributed by atoms with Gasteiger partial charge < -0.3 is 25.4 Å². The fourth-order valence-corrected chi connectivity index (χ4v) is 6.56. The van der Waals surface area contributed by atoms with Gasteiger partial charge in [0.15, 0.2) is 10.8 Å². The van der Waals surface area contributed by atoms with E-state index in [-0.39, 0.29) is 28.8 Å². The molecule has 0 aliphatic carbocycles. The van der Waals surface area contributed by atoms with E-state index in [1.165, 1.54) is 23.8 Å². The summed E-state index contributed by atoms with van der Waals surface area (Å²) in [6.45, 7) is -0.00315. The first-order valence-electron chi connectivity index (χ1n) is 13.3. The molecule has 0 unspecified atom stereocenters. The number of anilines is 1. The lowest BCUT2D eigenvalue weighted by molar-refractivity contribution is -0.153. The van der Waals surface area contributed by atoms with Gasteiger partial charge in [-0.3, -0.25) is 14.5 Å². The molecule has 2 aliphatic rings. The summed E-state index contributed by atoms with van der Waals surface area (Å²) in [5.74, 6) is -0.291. The SMILES string of the molecule is CO/N=C(\C(=O)N[C@@H]1C(=O)N2C(C(=O)OCc3ccc(OC)cc3)=C(/C=C\c3ccc(CCl)cc3)CS[C@H]12)c1csc(N)n1. The number of amides is 2. The number of hydrogen-bond acceptors (Lipinski definition) is 11. The molecule has 2 amide bonds. The van der Waals surface area contributed by atoms with Crippen LogP contribution >= 0.6 is 34.7 Å². The van der Waals surface area contributed by atoms with Crippen LogP contribution < -0.4 is 15.8 Å².